The van der Waals surface area contributed by atoms with Gasteiger partial charge in [-0.3, -0.25) is 9.69 Å². The van der Waals surface area contributed by atoms with Crippen LogP contribution in [0.2, 0.25) is 0 Å². The molecule has 2 aromatic heterocycles. The highest BCUT2D eigenvalue weighted by atomic mass is 16.2. The molecule has 1 N–H and O–H groups in total. The van der Waals surface area contributed by atoms with Crippen LogP contribution in [0.3, 0.4) is 0 Å². The summed E-state index contributed by atoms with van der Waals surface area (Å²) >= 11 is 0. The number of amides is 1. The number of anilines is 2. The fraction of sp³-hybridized carbons (Fsp3) is 0.455. The average molecular weight is 406 g/mol. The molecule has 0 spiro atoms. The molecule has 2 unspecified atom stereocenters. The van der Waals surface area contributed by atoms with Gasteiger partial charge in [0.25, 0.3) is 0 Å². The number of aryl methyl sites for hydroxylation is 3. The zero-order chi connectivity index (χ0) is 20.8. The number of hydrogen-bond donors (Lipinski definition) is 1. The van der Waals surface area contributed by atoms with Crippen molar-refractivity contribution >= 4 is 28.6 Å². The quantitative estimate of drug-likeness (QED) is 0.717. The molecule has 1 amide bonds. The third-order valence-electron chi connectivity index (χ3n) is 6.31. The normalized spacial score (nSPS) is 21.4. The number of nitrogens with zero attached hydrogens (tertiary/aromatic N) is 6. The van der Waals surface area contributed by atoms with Gasteiger partial charge in [0.1, 0.15) is 6.33 Å². The number of carbonyl (C=O) groups is 1. The average Bonchev–Trinajstić information content (AvgIpc) is 3.22. The summed E-state index contributed by atoms with van der Waals surface area (Å²) in [6.07, 6.45) is 5.64. The number of fused-ring (bicyclic) bond motifs is 3. The standard InChI is InChI=1S/C22H27N7O/c1-14-4-5-15(2)18(8-14)26-19(30)11-28-9-16-6-7-17(10-28)29(16)22-20-21(23-12-24-22)27(3)13-25-20/h4-5,8,12-13,16-17H,6-7,9-11H2,1-3H3,(H,26,30). The monoisotopic (exact) mass is 405 g/mol. The number of imidazole rings is 1. The number of aromatic nitrogens is 4. The van der Waals surface area contributed by atoms with E-state index in [1.165, 1.54) is 0 Å². The van der Waals surface area contributed by atoms with Crippen LogP contribution in [-0.4, -0.2) is 62.0 Å². The lowest BCUT2D eigenvalue weighted by Gasteiger charge is -2.41. The Morgan fingerprint density at radius 1 is 1.13 bits per heavy atom. The van der Waals surface area contributed by atoms with E-state index in [1.54, 1.807) is 12.7 Å². The second-order valence-electron chi connectivity index (χ2n) is 8.58. The van der Waals surface area contributed by atoms with Crippen molar-refractivity contribution in [3.05, 3.63) is 42.0 Å². The molecule has 156 valence electrons. The Labute approximate surface area is 175 Å². The van der Waals surface area contributed by atoms with Gasteiger partial charge in [-0.1, -0.05) is 12.1 Å². The number of piperazine rings is 1. The van der Waals surface area contributed by atoms with Crippen LogP contribution in [-0.2, 0) is 11.8 Å². The van der Waals surface area contributed by atoms with Gasteiger partial charge in [0.15, 0.2) is 17.0 Å². The minimum absolute atomic E-state index is 0.0469. The summed E-state index contributed by atoms with van der Waals surface area (Å²) < 4.78 is 1.93. The van der Waals surface area contributed by atoms with E-state index in [1.807, 2.05) is 37.6 Å². The predicted octanol–water partition coefficient (Wildman–Crippen LogP) is 2.27. The summed E-state index contributed by atoms with van der Waals surface area (Å²) in [6, 6.07) is 6.83. The number of rotatable bonds is 4. The van der Waals surface area contributed by atoms with E-state index in [2.05, 4.69) is 36.1 Å². The molecule has 30 heavy (non-hydrogen) atoms. The molecule has 2 aliphatic heterocycles. The van der Waals surface area contributed by atoms with Gasteiger partial charge in [-0.05, 0) is 43.9 Å². The van der Waals surface area contributed by atoms with Crippen LogP contribution in [0.25, 0.3) is 11.2 Å². The Morgan fingerprint density at radius 3 is 2.67 bits per heavy atom. The zero-order valence-electron chi connectivity index (χ0n) is 17.7. The van der Waals surface area contributed by atoms with Gasteiger partial charge in [0, 0.05) is 37.9 Å². The van der Waals surface area contributed by atoms with Crippen molar-refractivity contribution in [2.75, 3.05) is 29.9 Å². The van der Waals surface area contributed by atoms with Gasteiger partial charge in [0.2, 0.25) is 5.91 Å². The molecule has 2 bridgehead atoms. The SMILES string of the molecule is Cc1ccc(C)c(NC(=O)CN2CC3CCC(C2)N3c2ncnc3c2ncn3C)c1. The maximum absolute atomic E-state index is 12.7. The largest absolute Gasteiger partial charge is 0.346 e. The summed E-state index contributed by atoms with van der Waals surface area (Å²) in [5.41, 5.74) is 4.85. The molecule has 2 saturated heterocycles. The number of benzene rings is 1. The Bertz CT molecular complexity index is 1090. The molecule has 5 rings (SSSR count). The van der Waals surface area contributed by atoms with Crippen LogP contribution in [0.4, 0.5) is 11.5 Å². The summed E-state index contributed by atoms with van der Waals surface area (Å²) in [6.45, 7) is 6.19. The van der Waals surface area contributed by atoms with Gasteiger partial charge in [-0.15, -0.1) is 0 Å². The smallest absolute Gasteiger partial charge is 0.238 e. The van der Waals surface area contributed by atoms with E-state index < -0.39 is 0 Å². The second-order valence-corrected chi connectivity index (χ2v) is 8.58. The van der Waals surface area contributed by atoms with Crippen LogP contribution in [0.5, 0.6) is 0 Å². The highest BCUT2D eigenvalue weighted by Crippen LogP contribution is 2.36. The fourth-order valence-electron chi connectivity index (χ4n) is 4.85. The first kappa shape index (κ1) is 19.0. The van der Waals surface area contributed by atoms with Crippen LogP contribution in [0.15, 0.2) is 30.9 Å². The fourth-order valence-corrected chi connectivity index (χ4v) is 4.85. The molecule has 3 aromatic rings. The molecule has 0 aliphatic carbocycles. The molecule has 0 saturated carbocycles. The molecule has 2 aliphatic rings. The summed E-state index contributed by atoms with van der Waals surface area (Å²) in [7, 11) is 1.95. The number of likely N-dealkylation sites (tertiary alicyclic amines) is 1. The maximum Gasteiger partial charge on any atom is 0.238 e. The molecule has 8 nitrogen and oxygen atoms in total. The number of carbonyl (C=O) groups excluding carboxylic acids is 1. The lowest BCUT2D eigenvalue weighted by atomic mass is 10.1. The Morgan fingerprint density at radius 2 is 1.90 bits per heavy atom. The predicted molar refractivity (Wildman–Crippen MR) is 117 cm³/mol. The van der Waals surface area contributed by atoms with Gasteiger partial charge in [-0.2, -0.15) is 0 Å². The highest BCUT2D eigenvalue weighted by Gasteiger charge is 2.42. The van der Waals surface area contributed by atoms with Crippen molar-refractivity contribution in [2.45, 2.75) is 38.8 Å². The van der Waals surface area contributed by atoms with Crippen molar-refractivity contribution in [3.63, 3.8) is 0 Å². The van der Waals surface area contributed by atoms with Gasteiger partial charge >= 0.3 is 0 Å². The zero-order valence-corrected chi connectivity index (χ0v) is 17.7. The minimum Gasteiger partial charge on any atom is -0.346 e. The van der Waals surface area contributed by atoms with Crippen LogP contribution >= 0.6 is 0 Å². The summed E-state index contributed by atoms with van der Waals surface area (Å²) in [5, 5.41) is 3.09. The van der Waals surface area contributed by atoms with E-state index in [4.69, 9.17) is 0 Å². The minimum atomic E-state index is 0.0469. The number of nitrogens with one attached hydrogen (secondary N) is 1. The molecule has 1 aromatic carbocycles. The molecule has 8 heteroatoms. The van der Waals surface area contributed by atoms with Crippen LogP contribution < -0.4 is 10.2 Å². The van der Waals surface area contributed by atoms with Crippen LogP contribution in [0.1, 0.15) is 24.0 Å². The van der Waals surface area contributed by atoms with E-state index in [0.717, 1.165) is 59.7 Å². The maximum atomic E-state index is 12.7. The summed E-state index contributed by atoms with van der Waals surface area (Å²) in [4.78, 5) is 30.9. The third kappa shape index (κ3) is 3.31. The molecular weight excluding hydrogens is 378 g/mol. The van der Waals surface area contributed by atoms with E-state index >= 15 is 0 Å². The van der Waals surface area contributed by atoms with E-state index in [-0.39, 0.29) is 5.91 Å². The first-order valence-electron chi connectivity index (χ1n) is 10.5. The first-order valence-corrected chi connectivity index (χ1v) is 10.5. The van der Waals surface area contributed by atoms with Crippen molar-refractivity contribution in [3.8, 4) is 0 Å². The molecule has 4 heterocycles. The number of hydrogen-bond acceptors (Lipinski definition) is 6. The molecule has 0 radical (unpaired) electrons. The van der Waals surface area contributed by atoms with Gasteiger partial charge in [0.05, 0.1) is 12.9 Å². The summed E-state index contributed by atoms with van der Waals surface area (Å²) in [5.74, 6) is 0.971. The van der Waals surface area contributed by atoms with Crippen molar-refractivity contribution in [2.24, 2.45) is 7.05 Å². The lowest BCUT2D eigenvalue weighted by Crippen LogP contribution is -2.55. The van der Waals surface area contributed by atoms with Crippen molar-refractivity contribution in [1.82, 2.24) is 24.4 Å². The second kappa shape index (κ2) is 7.36. The van der Waals surface area contributed by atoms with Crippen molar-refractivity contribution in [1.29, 1.82) is 0 Å². The van der Waals surface area contributed by atoms with E-state index in [9.17, 15) is 4.79 Å². The van der Waals surface area contributed by atoms with Gasteiger partial charge in [-0.25, -0.2) is 15.0 Å². The first-order chi connectivity index (χ1) is 14.5. The van der Waals surface area contributed by atoms with Crippen molar-refractivity contribution < 1.29 is 4.79 Å². The topological polar surface area (TPSA) is 79.2 Å². The molecular formula is C22H27N7O. The lowest BCUT2D eigenvalue weighted by molar-refractivity contribution is -0.117. The Kier molecular flexibility index (Phi) is 4.66. The molecule has 2 fully saturated rings. The third-order valence-corrected chi connectivity index (χ3v) is 6.31. The van der Waals surface area contributed by atoms with Crippen LogP contribution in [0, 0.1) is 13.8 Å². The Hall–Kier alpha value is -3.00. The van der Waals surface area contributed by atoms with Gasteiger partial charge < -0.3 is 14.8 Å². The van der Waals surface area contributed by atoms with E-state index in [0.29, 0.717) is 18.6 Å². The molecule has 2 atom stereocenters. The highest BCUT2D eigenvalue weighted by molar-refractivity contribution is 5.93. The Balaban J connectivity index is 1.29.